The molecule has 2 aromatic heterocycles. The summed E-state index contributed by atoms with van der Waals surface area (Å²) in [6.07, 6.45) is 1.70. The predicted molar refractivity (Wildman–Crippen MR) is 131 cm³/mol. The molecule has 0 atom stereocenters. The number of rotatable bonds is 5. The van der Waals surface area contributed by atoms with E-state index in [9.17, 15) is 9.90 Å². The molecule has 0 amide bonds. The number of H-pyrrole nitrogens is 1. The maximum atomic E-state index is 12.9. The fourth-order valence-electron chi connectivity index (χ4n) is 4.12. The third-order valence-corrected chi connectivity index (χ3v) is 5.89. The van der Waals surface area contributed by atoms with Crippen molar-refractivity contribution in [3.05, 3.63) is 113 Å². The van der Waals surface area contributed by atoms with Gasteiger partial charge in [-0.1, -0.05) is 72.8 Å². The van der Waals surface area contributed by atoms with Crippen molar-refractivity contribution >= 4 is 10.9 Å². The highest BCUT2D eigenvalue weighted by molar-refractivity contribution is 5.98. The highest BCUT2D eigenvalue weighted by Gasteiger charge is 2.16. The van der Waals surface area contributed by atoms with Crippen LogP contribution in [0.2, 0.25) is 0 Å². The monoisotopic (exact) mass is 434 g/mol. The molecule has 0 spiro atoms. The Kier molecular flexibility index (Phi) is 5.57. The molecule has 0 aliphatic rings. The van der Waals surface area contributed by atoms with Crippen molar-refractivity contribution in [2.24, 2.45) is 0 Å². The van der Waals surface area contributed by atoms with Crippen molar-refractivity contribution in [1.82, 2.24) is 9.97 Å². The molecular formula is C28H24N3O2+. The van der Waals surface area contributed by atoms with Gasteiger partial charge in [0.15, 0.2) is 0 Å². The van der Waals surface area contributed by atoms with Crippen LogP contribution in [0.1, 0.15) is 11.1 Å². The van der Waals surface area contributed by atoms with Gasteiger partial charge in [0.25, 0.3) is 5.56 Å². The second-order valence-corrected chi connectivity index (χ2v) is 7.98. The van der Waals surface area contributed by atoms with E-state index in [0.717, 1.165) is 51.2 Å². The number of aliphatic hydroxyl groups is 1. The van der Waals surface area contributed by atoms with Crippen LogP contribution in [0.3, 0.4) is 0 Å². The van der Waals surface area contributed by atoms with Crippen molar-refractivity contribution in [2.45, 2.75) is 13.2 Å². The Labute approximate surface area is 191 Å². The Morgan fingerprint density at radius 3 is 2.27 bits per heavy atom. The summed E-state index contributed by atoms with van der Waals surface area (Å²) in [7, 11) is 0. The van der Waals surface area contributed by atoms with Gasteiger partial charge in [-0.3, -0.25) is 4.79 Å². The van der Waals surface area contributed by atoms with E-state index in [1.54, 1.807) is 6.20 Å². The lowest BCUT2D eigenvalue weighted by molar-refractivity contribution is -0.386. The van der Waals surface area contributed by atoms with Gasteiger partial charge >= 0.3 is 0 Å². The minimum absolute atomic E-state index is 0.0510. The van der Waals surface area contributed by atoms with Crippen LogP contribution in [0.15, 0.2) is 95.9 Å². The molecule has 33 heavy (non-hydrogen) atoms. The number of benzene rings is 3. The molecule has 5 nitrogen and oxygen atoms in total. The van der Waals surface area contributed by atoms with Crippen molar-refractivity contribution in [3.8, 4) is 33.5 Å². The Morgan fingerprint density at radius 2 is 1.55 bits per heavy atom. The number of aliphatic hydroxyl groups excluding tert-OH is 1. The van der Waals surface area contributed by atoms with E-state index in [1.807, 2.05) is 60.7 Å². The first-order chi connectivity index (χ1) is 16.2. The van der Waals surface area contributed by atoms with E-state index in [1.165, 1.54) is 0 Å². The van der Waals surface area contributed by atoms with Gasteiger partial charge in [-0.2, -0.15) is 0 Å². The summed E-state index contributed by atoms with van der Waals surface area (Å²) >= 11 is 0. The average molecular weight is 435 g/mol. The smallest absolute Gasteiger partial charge is 0.257 e. The number of hydrogen-bond donors (Lipinski definition) is 3. The van der Waals surface area contributed by atoms with Crippen molar-refractivity contribution in [3.63, 3.8) is 0 Å². The molecule has 0 unspecified atom stereocenters. The van der Waals surface area contributed by atoms with Crippen molar-refractivity contribution < 1.29 is 10.8 Å². The summed E-state index contributed by atoms with van der Waals surface area (Å²) in [4.78, 5) is 20.8. The molecule has 0 bridgehead atoms. The van der Waals surface area contributed by atoms with E-state index < -0.39 is 0 Å². The van der Waals surface area contributed by atoms with E-state index in [0.29, 0.717) is 10.9 Å². The Bertz CT molecular complexity index is 1490. The minimum Gasteiger partial charge on any atom is -0.392 e. The molecule has 5 heteroatoms. The Balaban J connectivity index is 1.83. The van der Waals surface area contributed by atoms with Gasteiger partial charge in [-0.25, -0.2) is 4.98 Å². The topological polar surface area (TPSA) is 93.6 Å². The summed E-state index contributed by atoms with van der Waals surface area (Å²) in [5.41, 5.74) is 11.8. The maximum Gasteiger partial charge on any atom is 0.257 e. The summed E-state index contributed by atoms with van der Waals surface area (Å²) in [6.45, 7) is 0.669. The zero-order chi connectivity index (χ0) is 22.8. The highest BCUT2D eigenvalue weighted by atomic mass is 16.3. The molecule has 5 aromatic rings. The zero-order valence-electron chi connectivity index (χ0n) is 18.1. The third-order valence-electron chi connectivity index (χ3n) is 5.89. The fourth-order valence-corrected chi connectivity index (χ4v) is 4.12. The molecule has 5 rings (SSSR count). The van der Waals surface area contributed by atoms with Crippen LogP contribution in [0.25, 0.3) is 44.4 Å². The third kappa shape index (κ3) is 3.96. The molecule has 0 aliphatic carbocycles. The normalized spacial score (nSPS) is 11.1. The van der Waals surface area contributed by atoms with Crippen LogP contribution in [0.4, 0.5) is 0 Å². The Morgan fingerprint density at radius 1 is 0.788 bits per heavy atom. The fraction of sp³-hybridized carbons (Fsp3) is 0.0714. The second kappa shape index (κ2) is 8.82. The molecule has 2 heterocycles. The number of fused-ring (bicyclic) bond motifs is 1. The van der Waals surface area contributed by atoms with Gasteiger partial charge in [0.05, 0.1) is 29.7 Å². The number of pyridine rings is 2. The SMILES string of the molecule is [NH3+]Cc1ccc(-c2nc3c(-c4cccc(CO)c4)c[nH]c(=O)c3cc2-c2ccccc2)cc1. The van der Waals surface area contributed by atoms with Crippen LogP contribution < -0.4 is 11.3 Å². The molecule has 0 radical (unpaired) electrons. The van der Waals surface area contributed by atoms with Gasteiger partial charge < -0.3 is 15.8 Å². The summed E-state index contributed by atoms with van der Waals surface area (Å²) in [5.74, 6) is 0. The molecule has 0 aliphatic heterocycles. The van der Waals surface area contributed by atoms with Crippen molar-refractivity contribution in [2.75, 3.05) is 0 Å². The molecule has 0 saturated carbocycles. The summed E-state index contributed by atoms with van der Waals surface area (Å²) in [6, 6.07) is 27.8. The predicted octanol–water partition coefficient (Wildman–Crippen LogP) is 4.16. The number of aromatic nitrogens is 2. The quantitative estimate of drug-likeness (QED) is 0.388. The summed E-state index contributed by atoms with van der Waals surface area (Å²) in [5, 5.41) is 10.1. The average Bonchev–Trinajstić information content (AvgIpc) is 2.89. The van der Waals surface area contributed by atoms with Crippen LogP contribution in [-0.4, -0.2) is 15.1 Å². The number of hydrogen-bond acceptors (Lipinski definition) is 3. The van der Waals surface area contributed by atoms with Crippen LogP contribution in [0, 0.1) is 0 Å². The largest absolute Gasteiger partial charge is 0.392 e. The van der Waals surface area contributed by atoms with Gasteiger partial charge in [-0.15, -0.1) is 0 Å². The van der Waals surface area contributed by atoms with Gasteiger partial charge in [0, 0.05) is 28.5 Å². The zero-order valence-corrected chi connectivity index (χ0v) is 18.1. The van der Waals surface area contributed by atoms with Crippen LogP contribution >= 0.6 is 0 Å². The lowest BCUT2D eigenvalue weighted by Crippen LogP contribution is -2.47. The molecule has 0 fully saturated rings. The second-order valence-electron chi connectivity index (χ2n) is 7.98. The molecular weight excluding hydrogens is 410 g/mol. The van der Waals surface area contributed by atoms with E-state index in [-0.39, 0.29) is 12.2 Å². The lowest BCUT2D eigenvalue weighted by Gasteiger charge is -2.14. The first kappa shape index (κ1) is 20.8. The van der Waals surface area contributed by atoms with E-state index in [2.05, 4.69) is 35.0 Å². The molecule has 0 saturated heterocycles. The van der Waals surface area contributed by atoms with E-state index >= 15 is 0 Å². The standard InChI is InChI=1S/C28H23N3O2/c29-15-18-9-11-21(12-10-18)26-23(20-6-2-1-3-7-20)14-24-27(31-26)25(16-30-28(24)33)22-8-4-5-19(13-22)17-32/h1-14,16,32H,15,17,29H2,(H,30,33)/p+1. The minimum atomic E-state index is -0.185. The van der Waals surface area contributed by atoms with Crippen molar-refractivity contribution in [1.29, 1.82) is 0 Å². The number of aromatic amines is 1. The van der Waals surface area contributed by atoms with Gasteiger partial charge in [0.1, 0.15) is 0 Å². The van der Waals surface area contributed by atoms with Crippen LogP contribution in [-0.2, 0) is 13.2 Å². The molecule has 162 valence electrons. The highest BCUT2D eigenvalue weighted by Crippen LogP contribution is 2.35. The van der Waals surface area contributed by atoms with Gasteiger partial charge in [0.2, 0.25) is 0 Å². The molecule has 3 aromatic carbocycles. The number of quaternary nitrogens is 1. The lowest BCUT2D eigenvalue weighted by atomic mass is 9.95. The maximum absolute atomic E-state index is 12.9. The van der Waals surface area contributed by atoms with Crippen LogP contribution in [0.5, 0.6) is 0 Å². The number of nitrogens with zero attached hydrogens (tertiary/aromatic N) is 1. The first-order valence-corrected chi connectivity index (χ1v) is 10.9. The molecule has 5 N–H and O–H groups in total. The first-order valence-electron chi connectivity index (χ1n) is 10.9. The van der Waals surface area contributed by atoms with Gasteiger partial charge in [-0.05, 0) is 28.8 Å². The summed E-state index contributed by atoms with van der Waals surface area (Å²) < 4.78 is 0. The Hall–Kier alpha value is -4.06. The van der Waals surface area contributed by atoms with E-state index in [4.69, 9.17) is 4.98 Å². The number of nitrogens with one attached hydrogen (secondary N) is 1.